The summed E-state index contributed by atoms with van der Waals surface area (Å²) < 4.78 is 2.42. The van der Waals surface area contributed by atoms with Gasteiger partial charge in [-0.25, -0.2) is 9.97 Å². The standard InChI is InChI=1S/C28H41N5/c1-18(21-5-7-22(29)8-6-21)19(2)27-30-14-10-25(32-27)24-17-31-33(26(24)15-20-3-4-20)23-9-11-28(16-23)12-13-28/h10,14,17-23H,3-9,11-13,15-16,29H2,1-2H3/t18-,19?,21?,22?,23?/m0/s1. The molecule has 5 heteroatoms. The molecule has 4 fully saturated rings. The number of hydrogen-bond acceptors (Lipinski definition) is 4. The van der Waals surface area contributed by atoms with Crippen LogP contribution in [-0.4, -0.2) is 25.8 Å². The van der Waals surface area contributed by atoms with Gasteiger partial charge in [0.2, 0.25) is 0 Å². The predicted molar refractivity (Wildman–Crippen MR) is 132 cm³/mol. The van der Waals surface area contributed by atoms with Crippen LogP contribution in [-0.2, 0) is 6.42 Å². The second-order valence-electron chi connectivity index (χ2n) is 12.1. The highest BCUT2D eigenvalue weighted by molar-refractivity contribution is 5.61. The highest BCUT2D eigenvalue weighted by Gasteiger charge is 2.49. The Bertz CT molecular complexity index is 980. The molecule has 5 nitrogen and oxygen atoms in total. The van der Waals surface area contributed by atoms with Crippen molar-refractivity contribution in [3.63, 3.8) is 0 Å². The lowest BCUT2D eigenvalue weighted by Crippen LogP contribution is -2.30. The van der Waals surface area contributed by atoms with E-state index >= 15 is 0 Å². The zero-order chi connectivity index (χ0) is 22.6. The zero-order valence-electron chi connectivity index (χ0n) is 20.5. The molecule has 0 aliphatic heterocycles. The second kappa shape index (κ2) is 8.48. The fraction of sp³-hybridized carbons (Fsp3) is 0.750. The summed E-state index contributed by atoms with van der Waals surface area (Å²) in [5.41, 5.74) is 10.6. The molecule has 2 heterocycles. The van der Waals surface area contributed by atoms with E-state index in [0.717, 1.165) is 42.6 Å². The van der Waals surface area contributed by atoms with Crippen LogP contribution in [0, 0.1) is 23.2 Å². The van der Waals surface area contributed by atoms with E-state index in [1.165, 1.54) is 69.0 Å². The van der Waals surface area contributed by atoms with Crippen molar-refractivity contribution in [2.45, 2.75) is 109 Å². The summed E-state index contributed by atoms with van der Waals surface area (Å²) >= 11 is 0. The largest absolute Gasteiger partial charge is 0.328 e. The molecule has 2 N–H and O–H groups in total. The Labute approximate surface area is 199 Å². The van der Waals surface area contributed by atoms with E-state index in [4.69, 9.17) is 20.8 Å². The molecule has 0 aromatic carbocycles. The fourth-order valence-corrected chi connectivity index (χ4v) is 6.79. The molecule has 3 atom stereocenters. The van der Waals surface area contributed by atoms with E-state index in [1.54, 1.807) is 0 Å². The first-order valence-electron chi connectivity index (χ1n) is 13.7. The highest BCUT2D eigenvalue weighted by Crippen LogP contribution is 2.61. The van der Waals surface area contributed by atoms with Crippen molar-refractivity contribution >= 4 is 0 Å². The molecular weight excluding hydrogens is 406 g/mol. The van der Waals surface area contributed by atoms with Gasteiger partial charge in [-0.2, -0.15) is 5.10 Å². The topological polar surface area (TPSA) is 69.6 Å². The molecule has 0 bridgehead atoms. The lowest BCUT2D eigenvalue weighted by Gasteiger charge is -2.33. The maximum atomic E-state index is 6.15. The normalized spacial score (nSPS) is 30.5. The third-order valence-electron chi connectivity index (χ3n) is 9.76. The summed E-state index contributed by atoms with van der Waals surface area (Å²) in [6.45, 7) is 4.72. The van der Waals surface area contributed by atoms with Gasteiger partial charge in [-0.05, 0) is 106 Å². The van der Waals surface area contributed by atoms with E-state index in [9.17, 15) is 0 Å². The molecule has 2 aromatic heterocycles. The Morgan fingerprint density at radius 1 is 1.06 bits per heavy atom. The smallest absolute Gasteiger partial charge is 0.132 e. The van der Waals surface area contributed by atoms with E-state index in [1.807, 2.05) is 6.20 Å². The van der Waals surface area contributed by atoms with E-state index in [2.05, 4.69) is 30.8 Å². The number of nitrogens with two attached hydrogens (primary N) is 1. The number of aromatic nitrogens is 4. The Hall–Kier alpha value is -1.75. The summed E-state index contributed by atoms with van der Waals surface area (Å²) in [4.78, 5) is 9.90. The van der Waals surface area contributed by atoms with Crippen molar-refractivity contribution in [3.8, 4) is 11.3 Å². The molecule has 178 valence electrons. The van der Waals surface area contributed by atoms with Gasteiger partial charge < -0.3 is 5.73 Å². The first-order valence-corrected chi connectivity index (χ1v) is 13.7. The van der Waals surface area contributed by atoms with Gasteiger partial charge >= 0.3 is 0 Å². The monoisotopic (exact) mass is 447 g/mol. The second-order valence-corrected chi connectivity index (χ2v) is 12.1. The molecule has 0 amide bonds. The van der Waals surface area contributed by atoms with Gasteiger partial charge in [0.25, 0.3) is 0 Å². The van der Waals surface area contributed by atoms with Crippen molar-refractivity contribution in [3.05, 3.63) is 30.0 Å². The van der Waals surface area contributed by atoms with Crippen molar-refractivity contribution in [2.75, 3.05) is 0 Å². The van der Waals surface area contributed by atoms with Gasteiger partial charge in [0.1, 0.15) is 5.82 Å². The molecule has 2 unspecified atom stereocenters. The van der Waals surface area contributed by atoms with E-state index in [-0.39, 0.29) is 0 Å². The molecule has 4 aliphatic rings. The third kappa shape index (κ3) is 4.38. The van der Waals surface area contributed by atoms with Gasteiger partial charge in [-0.3, -0.25) is 4.68 Å². The average molecular weight is 448 g/mol. The zero-order valence-corrected chi connectivity index (χ0v) is 20.5. The summed E-state index contributed by atoms with van der Waals surface area (Å²) in [6.07, 6.45) is 19.7. The summed E-state index contributed by atoms with van der Waals surface area (Å²) in [5, 5.41) is 4.98. The minimum atomic E-state index is 0.357. The maximum Gasteiger partial charge on any atom is 0.132 e. The molecule has 4 aliphatic carbocycles. The van der Waals surface area contributed by atoms with Crippen LogP contribution in [0.4, 0.5) is 0 Å². The van der Waals surface area contributed by atoms with Crippen molar-refractivity contribution in [1.29, 1.82) is 0 Å². The number of nitrogens with zero attached hydrogens (tertiary/aromatic N) is 4. The third-order valence-corrected chi connectivity index (χ3v) is 9.76. The Balaban J connectivity index is 1.25. The molecule has 1 spiro atoms. The Morgan fingerprint density at radius 3 is 2.55 bits per heavy atom. The minimum absolute atomic E-state index is 0.357. The van der Waals surface area contributed by atoms with Crippen LogP contribution >= 0.6 is 0 Å². The van der Waals surface area contributed by atoms with Crippen molar-refractivity contribution in [2.24, 2.45) is 28.9 Å². The first-order chi connectivity index (χ1) is 16.0. The van der Waals surface area contributed by atoms with Gasteiger partial charge in [0, 0.05) is 29.4 Å². The first kappa shape index (κ1) is 21.8. The van der Waals surface area contributed by atoms with Crippen molar-refractivity contribution in [1.82, 2.24) is 19.7 Å². The minimum Gasteiger partial charge on any atom is -0.328 e. The fourth-order valence-electron chi connectivity index (χ4n) is 6.79. The highest BCUT2D eigenvalue weighted by atomic mass is 15.3. The van der Waals surface area contributed by atoms with Gasteiger partial charge in [-0.15, -0.1) is 0 Å². The van der Waals surface area contributed by atoms with Crippen LogP contribution in [0.3, 0.4) is 0 Å². The van der Waals surface area contributed by atoms with E-state index in [0.29, 0.717) is 29.3 Å². The number of rotatable bonds is 7. The molecule has 33 heavy (non-hydrogen) atoms. The van der Waals surface area contributed by atoms with Crippen LogP contribution in [0.2, 0.25) is 0 Å². The average Bonchev–Trinajstić information content (AvgIpc) is 3.71. The molecule has 0 radical (unpaired) electrons. The molecular formula is C28H41N5. The van der Waals surface area contributed by atoms with E-state index < -0.39 is 0 Å². The molecule has 0 saturated heterocycles. The van der Waals surface area contributed by atoms with Crippen LogP contribution < -0.4 is 5.73 Å². The van der Waals surface area contributed by atoms with Crippen molar-refractivity contribution < 1.29 is 0 Å². The molecule has 6 rings (SSSR count). The summed E-state index contributed by atoms with van der Waals surface area (Å²) in [6, 6.07) is 3.10. The van der Waals surface area contributed by atoms with Gasteiger partial charge in [0.15, 0.2) is 0 Å². The van der Waals surface area contributed by atoms with Gasteiger partial charge in [0.05, 0.1) is 17.9 Å². The van der Waals surface area contributed by atoms with Crippen LogP contribution in [0.5, 0.6) is 0 Å². The van der Waals surface area contributed by atoms with Gasteiger partial charge in [-0.1, -0.05) is 13.8 Å². The maximum absolute atomic E-state index is 6.15. The van der Waals surface area contributed by atoms with Crippen LogP contribution in [0.15, 0.2) is 18.5 Å². The predicted octanol–water partition coefficient (Wildman–Crippen LogP) is 6.05. The lowest BCUT2D eigenvalue weighted by atomic mass is 9.74. The quantitative estimate of drug-likeness (QED) is 0.560. The molecule has 2 aromatic rings. The summed E-state index contributed by atoms with van der Waals surface area (Å²) in [7, 11) is 0. The van der Waals surface area contributed by atoms with Crippen LogP contribution in [0.25, 0.3) is 11.3 Å². The lowest BCUT2D eigenvalue weighted by molar-refractivity contribution is 0.220. The summed E-state index contributed by atoms with van der Waals surface area (Å²) in [5.74, 6) is 3.51. The number of hydrogen-bond donors (Lipinski definition) is 1. The SMILES string of the molecule is CC(c1nccc(-c2cnn(C3CCC4(CC4)C3)c2CC2CC2)n1)[C@H](C)C1CCC(N)CC1. The Kier molecular flexibility index (Phi) is 5.59. The molecule has 4 saturated carbocycles. The Morgan fingerprint density at radius 2 is 1.85 bits per heavy atom. The van der Waals surface area contributed by atoms with Crippen LogP contribution in [0.1, 0.15) is 108 Å².